The number of aliphatic imine (C=N–C) groups is 1. The van der Waals surface area contributed by atoms with Crippen LogP contribution in [0.1, 0.15) is 15.9 Å². The van der Waals surface area contributed by atoms with E-state index in [1.807, 2.05) is 0 Å². The minimum atomic E-state index is -1.06. The van der Waals surface area contributed by atoms with Crippen LogP contribution in [0.2, 0.25) is 0 Å². The molecule has 3 rings (SSSR count). The lowest BCUT2D eigenvalue weighted by Gasteiger charge is -1.98. The van der Waals surface area contributed by atoms with Crippen molar-refractivity contribution < 1.29 is 19.1 Å². The average molecular weight is 342 g/mol. The molecule has 7 heteroatoms. The first-order valence-electron chi connectivity index (χ1n) is 6.90. The normalized spacial score (nSPS) is 17.3. The van der Waals surface area contributed by atoms with E-state index in [4.69, 9.17) is 5.11 Å². The molecule has 1 fully saturated rings. The van der Waals surface area contributed by atoms with E-state index in [1.54, 1.807) is 30.3 Å². The number of carbonyl (C=O) groups excluding carboxylic acids is 1. The fourth-order valence-electron chi connectivity index (χ4n) is 2.04. The van der Waals surface area contributed by atoms with Crippen molar-refractivity contribution in [2.45, 2.75) is 0 Å². The van der Waals surface area contributed by atoms with Crippen LogP contribution in [0.3, 0.4) is 0 Å². The summed E-state index contributed by atoms with van der Waals surface area (Å²) in [5, 5.41) is 11.9. The number of hydrogen-bond acceptors (Lipinski definition) is 4. The van der Waals surface area contributed by atoms with Gasteiger partial charge in [0.2, 0.25) is 0 Å². The highest BCUT2D eigenvalue weighted by Crippen LogP contribution is 2.28. The summed E-state index contributed by atoms with van der Waals surface area (Å²) in [5.41, 5.74) is 0.822. The number of amidine groups is 1. The van der Waals surface area contributed by atoms with E-state index in [9.17, 15) is 14.0 Å². The van der Waals surface area contributed by atoms with Crippen molar-refractivity contribution in [3.63, 3.8) is 0 Å². The van der Waals surface area contributed by atoms with E-state index < -0.39 is 11.8 Å². The molecule has 1 heterocycles. The first-order valence-corrected chi connectivity index (χ1v) is 7.72. The molecule has 2 N–H and O–H groups in total. The number of nitrogens with zero attached hydrogens (tertiary/aromatic N) is 1. The van der Waals surface area contributed by atoms with Crippen molar-refractivity contribution in [2.75, 3.05) is 0 Å². The van der Waals surface area contributed by atoms with Crippen molar-refractivity contribution in [1.29, 1.82) is 0 Å². The Hall–Kier alpha value is -2.93. The van der Waals surface area contributed by atoms with Gasteiger partial charge < -0.3 is 10.4 Å². The molecule has 1 aliphatic rings. The third-order valence-corrected chi connectivity index (χ3v) is 4.08. The molecule has 0 unspecified atom stereocenters. The Bertz CT molecular complexity index is 893. The lowest BCUT2D eigenvalue weighted by atomic mass is 10.2. The standard InChI is InChI=1S/C17H11FN2O3S/c18-13-7-2-1-4-10(13)9-14-15(21)20-17(24-14)19-12-6-3-5-11(8-12)16(22)23/h1-9H,(H,22,23)(H,19,20,21)/b14-9-. The SMILES string of the molecule is O=C1NC(=Nc2cccc(C(=O)O)c2)S/C1=C\c1ccccc1F. The number of benzene rings is 2. The molecule has 5 nitrogen and oxygen atoms in total. The van der Waals surface area contributed by atoms with Gasteiger partial charge in [-0.15, -0.1) is 0 Å². The van der Waals surface area contributed by atoms with Crippen LogP contribution in [0.15, 0.2) is 58.4 Å². The van der Waals surface area contributed by atoms with Crippen LogP contribution >= 0.6 is 11.8 Å². The molecule has 0 spiro atoms. The third-order valence-electron chi connectivity index (χ3n) is 3.17. The number of aromatic carboxylic acids is 1. The van der Waals surface area contributed by atoms with Crippen LogP contribution < -0.4 is 5.32 Å². The monoisotopic (exact) mass is 342 g/mol. The van der Waals surface area contributed by atoms with Gasteiger partial charge in [0, 0.05) is 5.56 Å². The largest absolute Gasteiger partial charge is 0.478 e. The van der Waals surface area contributed by atoms with Crippen LogP contribution in [0, 0.1) is 5.82 Å². The summed E-state index contributed by atoms with van der Waals surface area (Å²) in [6, 6.07) is 12.2. The van der Waals surface area contributed by atoms with Gasteiger partial charge in [0.25, 0.3) is 5.91 Å². The number of thioether (sulfide) groups is 1. The quantitative estimate of drug-likeness (QED) is 0.838. The molecule has 0 atom stereocenters. The van der Waals surface area contributed by atoms with E-state index in [0.717, 1.165) is 11.8 Å². The van der Waals surface area contributed by atoms with Gasteiger partial charge in [-0.2, -0.15) is 0 Å². The molecular weight excluding hydrogens is 331 g/mol. The topological polar surface area (TPSA) is 78.8 Å². The molecule has 120 valence electrons. The summed E-state index contributed by atoms with van der Waals surface area (Å²) in [4.78, 5) is 27.5. The molecule has 1 saturated heterocycles. The predicted molar refractivity (Wildman–Crippen MR) is 90.6 cm³/mol. The molecule has 1 aliphatic heterocycles. The van der Waals surface area contributed by atoms with Crippen LogP contribution in [0.25, 0.3) is 6.08 Å². The Morgan fingerprint density at radius 2 is 2.00 bits per heavy atom. The first kappa shape index (κ1) is 15.9. The van der Waals surface area contributed by atoms with Crippen molar-refractivity contribution in [3.05, 3.63) is 70.4 Å². The molecule has 1 amide bonds. The summed E-state index contributed by atoms with van der Waals surface area (Å²) >= 11 is 1.07. The van der Waals surface area contributed by atoms with Crippen LogP contribution in [0.5, 0.6) is 0 Å². The average Bonchev–Trinajstić information content (AvgIpc) is 2.89. The summed E-state index contributed by atoms with van der Waals surface area (Å²) in [5.74, 6) is -1.85. The minimum absolute atomic E-state index is 0.105. The van der Waals surface area contributed by atoms with Gasteiger partial charge in [-0.05, 0) is 42.1 Å². The zero-order valence-corrected chi connectivity index (χ0v) is 13.0. The van der Waals surface area contributed by atoms with Gasteiger partial charge in [0.1, 0.15) is 5.82 Å². The number of hydrogen-bond donors (Lipinski definition) is 2. The molecular formula is C17H11FN2O3S. The fourth-order valence-corrected chi connectivity index (χ4v) is 2.87. The molecule has 0 aliphatic carbocycles. The van der Waals surface area contributed by atoms with E-state index in [1.165, 1.54) is 24.3 Å². The lowest BCUT2D eigenvalue weighted by Crippen LogP contribution is -2.19. The number of rotatable bonds is 3. The first-order chi connectivity index (χ1) is 11.5. The van der Waals surface area contributed by atoms with Crippen LogP contribution in [0.4, 0.5) is 10.1 Å². The second kappa shape index (κ2) is 6.67. The second-order valence-electron chi connectivity index (χ2n) is 4.86. The summed E-state index contributed by atoms with van der Waals surface area (Å²) in [6.07, 6.45) is 1.45. The highest BCUT2D eigenvalue weighted by Gasteiger charge is 2.24. The maximum absolute atomic E-state index is 13.7. The number of carbonyl (C=O) groups is 2. The number of amides is 1. The van der Waals surface area contributed by atoms with Gasteiger partial charge in [0.05, 0.1) is 16.2 Å². The molecule has 0 aromatic heterocycles. The molecule has 2 aromatic carbocycles. The Morgan fingerprint density at radius 1 is 1.21 bits per heavy atom. The van der Waals surface area contributed by atoms with E-state index in [-0.39, 0.29) is 11.5 Å². The third kappa shape index (κ3) is 3.52. The second-order valence-corrected chi connectivity index (χ2v) is 5.89. The zero-order valence-electron chi connectivity index (χ0n) is 12.2. The van der Waals surface area contributed by atoms with Gasteiger partial charge in [0.15, 0.2) is 5.17 Å². The fraction of sp³-hybridized carbons (Fsp3) is 0. The Balaban J connectivity index is 1.86. The molecule has 0 bridgehead atoms. The lowest BCUT2D eigenvalue weighted by molar-refractivity contribution is -0.115. The maximum Gasteiger partial charge on any atom is 0.335 e. The van der Waals surface area contributed by atoms with Gasteiger partial charge in [-0.1, -0.05) is 24.3 Å². The van der Waals surface area contributed by atoms with E-state index in [2.05, 4.69) is 10.3 Å². The summed E-state index contributed by atoms with van der Waals surface area (Å²) < 4.78 is 13.7. The Kier molecular flexibility index (Phi) is 4.43. The van der Waals surface area contributed by atoms with E-state index >= 15 is 0 Å². The number of nitrogens with one attached hydrogen (secondary N) is 1. The van der Waals surface area contributed by atoms with Crippen molar-refractivity contribution in [2.24, 2.45) is 4.99 Å². The van der Waals surface area contributed by atoms with Crippen molar-refractivity contribution in [3.8, 4) is 0 Å². The summed E-state index contributed by atoms with van der Waals surface area (Å²) in [7, 11) is 0. The molecule has 0 saturated carbocycles. The van der Waals surface area contributed by atoms with Crippen molar-refractivity contribution >= 4 is 40.6 Å². The van der Waals surface area contributed by atoms with Gasteiger partial charge in [-0.3, -0.25) is 4.79 Å². The van der Waals surface area contributed by atoms with Gasteiger partial charge >= 0.3 is 5.97 Å². The van der Waals surface area contributed by atoms with E-state index in [0.29, 0.717) is 21.3 Å². The van der Waals surface area contributed by atoms with Crippen LogP contribution in [-0.2, 0) is 4.79 Å². The number of carboxylic acids is 1. The number of halogens is 1. The Morgan fingerprint density at radius 3 is 2.75 bits per heavy atom. The molecule has 2 aromatic rings. The maximum atomic E-state index is 13.7. The highest BCUT2D eigenvalue weighted by atomic mass is 32.2. The zero-order chi connectivity index (χ0) is 17.1. The number of carboxylic acid groups (broad SMARTS) is 1. The highest BCUT2D eigenvalue weighted by molar-refractivity contribution is 8.18. The smallest absolute Gasteiger partial charge is 0.335 e. The minimum Gasteiger partial charge on any atom is -0.478 e. The predicted octanol–water partition coefficient (Wildman–Crippen LogP) is 3.42. The molecule has 0 radical (unpaired) electrons. The van der Waals surface area contributed by atoms with Crippen molar-refractivity contribution in [1.82, 2.24) is 5.32 Å². The summed E-state index contributed by atoms with van der Waals surface area (Å²) in [6.45, 7) is 0. The molecule has 24 heavy (non-hydrogen) atoms. The Labute approximate surface area is 140 Å². The van der Waals surface area contributed by atoms with Crippen LogP contribution in [-0.4, -0.2) is 22.2 Å². The van der Waals surface area contributed by atoms with Gasteiger partial charge in [-0.25, -0.2) is 14.2 Å².